The fourth-order valence-corrected chi connectivity index (χ4v) is 5.78. The Hall–Kier alpha value is -2.90. The molecule has 2 heterocycles. The van der Waals surface area contributed by atoms with Crippen molar-refractivity contribution >= 4 is 46.2 Å². The number of pyridine rings is 1. The number of carbonyl (C=O) groups is 1. The van der Waals surface area contributed by atoms with Crippen LogP contribution in [-0.4, -0.2) is 35.0 Å². The minimum Gasteiger partial charge on any atom is -0.459 e. The predicted octanol–water partition coefficient (Wildman–Crippen LogP) is 8.94. The number of aryl methyl sites for hydroxylation is 3. The highest BCUT2D eigenvalue weighted by Crippen LogP contribution is 2.37. The molecule has 4 rings (SSSR count). The summed E-state index contributed by atoms with van der Waals surface area (Å²) in [7, 11) is 0. The van der Waals surface area contributed by atoms with Crippen LogP contribution in [0.2, 0.25) is 0 Å². The number of nitrogens with one attached hydrogen (secondary N) is 1. The van der Waals surface area contributed by atoms with Crippen LogP contribution in [0.5, 0.6) is 0 Å². The molecule has 0 fully saturated rings. The van der Waals surface area contributed by atoms with Crippen molar-refractivity contribution in [1.29, 1.82) is 0 Å². The number of aromatic nitrogens is 1. The van der Waals surface area contributed by atoms with Crippen LogP contribution >= 0.6 is 23.5 Å². The van der Waals surface area contributed by atoms with Gasteiger partial charge in [0.1, 0.15) is 16.4 Å². The summed E-state index contributed by atoms with van der Waals surface area (Å²) in [4.78, 5) is 21.4. The van der Waals surface area contributed by atoms with E-state index < -0.39 is 0 Å². The van der Waals surface area contributed by atoms with Crippen molar-refractivity contribution in [3.63, 3.8) is 0 Å². The molecule has 2 aromatic carbocycles. The Labute approximate surface area is 234 Å². The van der Waals surface area contributed by atoms with Gasteiger partial charge in [0.25, 0.3) is 0 Å². The largest absolute Gasteiger partial charge is 0.459 e. The number of nitrogens with zero attached hydrogens (tertiary/aromatic N) is 2. The molecular weight excluding hydrogens is 510 g/mol. The molecule has 5 nitrogen and oxygen atoms in total. The summed E-state index contributed by atoms with van der Waals surface area (Å²) < 4.78 is 6.44. The van der Waals surface area contributed by atoms with Crippen LogP contribution < -0.4 is 5.32 Å². The maximum atomic E-state index is 13.8. The predicted molar refractivity (Wildman–Crippen MR) is 163 cm³/mol. The highest BCUT2D eigenvalue weighted by Gasteiger charge is 2.24. The molecule has 0 spiro atoms. The molecule has 0 bridgehead atoms. The van der Waals surface area contributed by atoms with Gasteiger partial charge >= 0.3 is 6.03 Å². The van der Waals surface area contributed by atoms with Gasteiger partial charge in [0.2, 0.25) is 0 Å². The molecular formula is C31H37N3O2S2. The topological polar surface area (TPSA) is 58.4 Å². The van der Waals surface area contributed by atoms with Crippen molar-refractivity contribution < 1.29 is 9.21 Å². The van der Waals surface area contributed by atoms with E-state index in [9.17, 15) is 4.79 Å². The summed E-state index contributed by atoms with van der Waals surface area (Å²) in [6.45, 7) is 11.5. The second-order valence-electron chi connectivity index (χ2n) is 10.2. The third kappa shape index (κ3) is 6.38. The molecule has 200 valence electrons. The van der Waals surface area contributed by atoms with Crippen molar-refractivity contribution in [2.75, 3.05) is 24.4 Å². The fourth-order valence-electron chi connectivity index (χ4n) is 4.48. The van der Waals surface area contributed by atoms with E-state index in [1.54, 1.807) is 23.5 Å². The SMILES string of the molecule is CSc1cc(C)nc(SC)c1NC(=O)N(CCC(C)C)Cc1oc2ccc(C)cc2c1-c1ccc(C)cc1. The van der Waals surface area contributed by atoms with E-state index in [0.717, 1.165) is 55.6 Å². The minimum atomic E-state index is -0.145. The molecule has 0 radical (unpaired) electrons. The Bertz CT molecular complexity index is 1400. The molecule has 2 amide bonds. The average Bonchev–Trinajstić information content (AvgIpc) is 3.24. The van der Waals surface area contributed by atoms with E-state index >= 15 is 0 Å². The standard InChI is InChI=1S/C31H37N3O2S2/c1-19(2)14-15-34(31(35)33-29-27(37-6)17-22(5)32-30(29)38-7)18-26-28(23-11-8-20(3)9-12-23)24-16-21(4)10-13-25(24)36-26/h8-13,16-17,19H,14-15,18H2,1-7H3,(H,33,35). The van der Waals surface area contributed by atoms with E-state index in [0.29, 0.717) is 19.0 Å². The van der Waals surface area contributed by atoms with E-state index in [1.807, 2.05) is 36.5 Å². The lowest BCUT2D eigenvalue weighted by Crippen LogP contribution is -2.36. The molecule has 0 aliphatic carbocycles. The van der Waals surface area contributed by atoms with Crippen molar-refractivity contribution in [2.24, 2.45) is 5.92 Å². The second kappa shape index (κ2) is 12.3. The van der Waals surface area contributed by atoms with Crippen LogP contribution in [0.3, 0.4) is 0 Å². The van der Waals surface area contributed by atoms with E-state index in [-0.39, 0.29) is 6.03 Å². The fraction of sp³-hybridized carbons (Fsp3) is 0.355. The number of urea groups is 1. The molecule has 1 N–H and O–H groups in total. The Balaban J connectivity index is 1.75. The Morgan fingerprint density at radius 3 is 2.37 bits per heavy atom. The normalized spacial score (nSPS) is 11.4. The zero-order chi connectivity index (χ0) is 27.4. The molecule has 0 unspecified atom stereocenters. The molecule has 0 atom stereocenters. The van der Waals surface area contributed by atoms with Gasteiger partial charge in [-0.3, -0.25) is 0 Å². The van der Waals surface area contributed by atoms with Crippen molar-refractivity contribution in [2.45, 2.75) is 57.5 Å². The number of anilines is 1. The summed E-state index contributed by atoms with van der Waals surface area (Å²) >= 11 is 3.16. The lowest BCUT2D eigenvalue weighted by molar-refractivity contribution is 0.201. The maximum Gasteiger partial charge on any atom is 0.322 e. The number of amides is 2. The first kappa shape index (κ1) is 28.1. The first-order chi connectivity index (χ1) is 18.2. The van der Waals surface area contributed by atoms with Crippen LogP contribution in [0.25, 0.3) is 22.1 Å². The van der Waals surface area contributed by atoms with Crippen LogP contribution in [0.1, 0.15) is 42.8 Å². The molecule has 0 saturated carbocycles. The van der Waals surface area contributed by atoms with Crippen LogP contribution in [0.4, 0.5) is 10.5 Å². The van der Waals surface area contributed by atoms with Gasteiger partial charge in [-0.25, -0.2) is 9.78 Å². The van der Waals surface area contributed by atoms with Crippen LogP contribution in [0.15, 0.2) is 62.9 Å². The summed E-state index contributed by atoms with van der Waals surface area (Å²) in [6, 6.07) is 16.7. The Morgan fingerprint density at radius 1 is 1.00 bits per heavy atom. The number of hydrogen-bond acceptors (Lipinski definition) is 5. The third-order valence-electron chi connectivity index (χ3n) is 6.58. The molecule has 4 aromatic rings. The molecule has 0 aliphatic rings. The van der Waals surface area contributed by atoms with Gasteiger partial charge in [-0.05, 0) is 69.4 Å². The highest BCUT2D eigenvalue weighted by molar-refractivity contribution is 7.99. The van der Waals surface area contributed by atoms with Crippen LogP contribution in [0, 0.1) is 26.7 Å². The van der Waals surface area contributed by atoms with E-state index in [4.69, 9.17) is 4.42 Å². The maximum absolute atomic E-state index is 13.8. The lowest BCUT2D eigenvalue weighted by atomic mass is 9.99. The van der Waals surface area contributed by atoms with E-state index in [2.05, 4.69) is 74.4 Å². The summed E-state index contributed by atoms with van der Waals surface area (Å²) in [5.74, 6) is 1.26. The van der Waals surface area contributed by atoms with Gasteiger partial charge in [0.05, 0.1) is 12.2 Å². The minimum absolute atomic E-state index is 0.145. The first-order valence-electron chi connectivity index (χ1n) is 12.9. The van der Waals surface area contributed by atoms with Gasteiger partial charge in [-0.1, -0.05) is 55.3 Å². The molecule has 0 aliphatic heterocycles. The number of rotatable bonds is 9. The van der Waals surface area contributed by atoms with E-state index in [1.165, 1.54) is 11.1 Å². The van der Waals surface area contributed by atoms with Gasteiger partial charge in [0.15, 0.2) is 0 Å². The van der Waals surface area contributed by atoms with Gasteiger partial charge in [-0.15, -0.1) is 23.5 Å². The zero-order valence-electron chi connectivity index (χ0n) is 23.3. The number of furan rings is 1. The summed E-state index contributed by atoms with van der Waals surface area (Å²) in [6.07, 6.45) is 4.90. The molecule has 2 aromatic heterocycles. The van der Waals surface area contributed by atoms with Crippen LogP contribution in [-0.2, 0) is 6.54 Å². The third-order valence-corrected chi connectivity index (χ3v) is 8.02. The molecule has 0 saturated heterocycles. The zero-order valence-corrected chi connectivity index (χ0v) is 25.0. The van der Waals surface area contributed by atoms with Crippen molar-refractivity contribution in [3.8, 4) is 11.1 Å². The highest BCUT2D eigenvalue weighted by atomic mass is 32.2. The van der Waals surface area contributed by atoms with Gasteiger partial charge < -0.3 is 14.6 Å². The molecule has 7 heteroatoms. The average molecular weight is 548 g/mol. The monoisotopic (exact) mass is 547 g/mol. The van der Waals surface area contributed by atoms with Gasteiger partial charge in [0, 0.05) is 28.1 Å². The number of hydrogen-bond donors (Lipinski definition) is 1. The number of thioether (sulfide) groups is 2. The Kier molecular flexibility index (Phi) is 9.11. The quantitative estimate of drug-likeness (QED) is 0.212. The smallest absolute Gasteiger partial charge is 0.322 e. The lowest BCUT2D eigenvalue weighted by Gasteiger charge is -2.25. The van der Waals surface area contributed by atoms with Crippen molar-refractivity contribution in [1.82, 2.24) is 9.88 Å². The summed E-state index contributed by atoms with van der Waals surface area (Å²) in [5.41, 5.74) is 7.07. The second-order valence-corrected chi connectivity index (χ2v) is 11.8. The number of benzene rings is 2. The Morgan fingerprint density at radius 2 is 1.71 bits per heavy atom. The van der Waals surface area contributed by atoms with Gasteiger partial charge in [-0.2, -0.15) is 0 Å². The number of carbonyl (C=O) groups excluding carboxylic acids is 1. The number of fused-ring (bicyclic) bond motifs is 1. The van der Waals surface area contributed by atoms with Crippen molar-refractivity contribution in [3.05, 3.63) is 71.1 Å². The first-order valence-corrected chi connectivity index (χ1v) is 15.4. The molecule has 38 heavy (non-hydrogen) atoms. The summed E-state index contributed by atoms with van der Waals surface area (Å²) in [5, 5.41) is 5.10.